The lowest BCUT2D eigenvalue weighted by Crippen LogP contribution is -2.40. The predicted molar refractivity (Wildman–Crippen MR) is 135 cm³/mol. The number of hydrogen-bond donors (Lipinski definition) is 2. The van der Waals surface area contributed by atoms with Crippen LogP contribution in [0.2, 0.25) is 0 Å². The van der Waals surface area contributed by atoms with Gasteiger partial charge in [0, 0.05) is 61.7 Å². The van der Waals surface area contributed by atoms with Crippen molar-refractivity contribution in [3.63, 3.8) is 0 Å². The first-order valence-electron chi connectivity index (χ1n) is 12.3. The lowest BCUT2D eigenvalue weighted by molar-refractivity contribution is -0.131. The molecule has 1 aromatic rings. The molecule has 0 spiro atoms. The first-order chi connectivity index (χ1) is 17.0. The number of hydrogen-bond acceptors (Lipinski definition) is 5. The molecule has 2 N–H and O–H groups in total. The average Bonchev–Trinajstić information content (AvgIpc) is 3.18. The van der Waals surface area contributed by atoms with Gasteiger partial charge in [-0.2, -0.15) is 5.10 Å². The predicted octanol–water partition coefficient (Wildman–Crippen LogP) is 4.29. The fourth-order valence-electron chi connectivity index (χ4n) is 6.08. The van der Waals surface area contributed by atoms with Gasteiger partial charge in [0.2, 0.25) is 0 Å². The number of halogens is 1. The summed E-state index contributed by atoms with van der Waals surface area (Å²) in [5.74, 6) is -1.07. The Hall–Kier alpha value is -3.45. The minimum absolute atomic E-state index is 0.233. The summed E-state index contributed by atoms with van der Waals surface area (Å²) < 4.78 is 14.5. The minimum Gasteiger partial charge on any atom is -0.478 e. The molecule has 3 heterocycles. The summed E-state index contributed by atoms with van der Waals surface area (Å²) in [7, 11) is 2.06. The van der Waals surface area contributed by atoms with Gasteiger partial charge in [0.15, 0.2) is 0 Å². The van der Waals surface area contributed by atoms with Crippen molar-refractivity contribution in [2.45, 2.75) is 38.1 Å². The van der Waals surface area contributed by atoms with Crippen LogP contribution in [-0.2, 0) is 4.79 Å². The van der Waals surface area contributed by atoms with Gasteiger partial charge in [-0.05, 0) is 67.0 Å². The first kappa shape index (κ1) is 22.0. The third kappa shape index (κ3) is 4.04. The van der Waals surface area contributed by atoms with Crippen LogP contribution >= 0.6 is 0 Å². The highest BCUT2D eigenvalue weighted by Crippen LogP contribution is 2.40. The molecule has 6 rings (SSSR count). The normalized spacial score (nSPS) is 23.6. The van der Waals surface area contributed by atoms with Gasteiger partial charge in [-0.15, -0.1) is 0 Å². The minimum atomic E-state index is -0.837. The van der Waals surface area contributed by atoms with Crippen LogP contribution in [0, 0.1) is 5.82 Å². The SMILES string of the molecule is CN1C=C2C(=C(C3=CCN(C4CCC(=CC(=O)O)CC4)CC3)C1)NN=C1C=Cc3cc(F)cc2c31. The largest absolute Gasteiger partial charge is 0.478 e. The summed E-state index contributed by atoms with van der Waals surface area (Å²) in [5, 5.41) is 13.7. The Balaban J connectivity index is 1.27. The van der Waals surface area contributed by atoms with Crippen LogP contribution in [0.5, 0.6) is 0 Å². The number of carbonyl (C=O) groups is 1. The number of nitrogens with zero attached hydrogens (tertiary/aromatic N) is 3. The summed E-state index contributed by atoms with van der Waals surface area (Å²) in [4.78, 5) is 15.7. The number of nitrogens with one attached hydrogen (secondary N) is 1. The van der Waals surface area contributed by atoms with E-state index >= 15 is 0 Å². The van der Waals surface area contributed by atoms with Gasteiger partial charge in [0.25, 0.3) is 0 Å². The van der Waals surface area contributed by atoms with Crippen molar-refractivity contribution >= 4 is 23.3 Å². The van der Waals surface area contributed by atoms with Crippen LogP contribution in [0.15, 0.2) is 64.1 Å². The number of fused-ring (bicyclic) bond motifs is 2. The van der Waals surface area contributed by atoms with E-state index in [0.717, 1.165) is 91.0 Å². The van der Waals surface area contributed by atoms with Crippen molar-refractivity contribution in [1.82, 2.24) is 15.2 Å². The van der Waals surface area contributed by atoms with E-state index in [1.165, 1.54) is 17.2 Å². The van der Waals surface area contributed by atoms with Crippen molar-refractivity contribution in [2.75, 3.05) is 26.7 Å². The van der Waals surface area contributed by atoms with E-state index in [-0.39, 0.29) is 5.82 Å². The topological polar surface area (TPSA) is 68.2 Å². The fraction of sp³-hybridized carbons (Fsp3) is 0.357. The van der Waals surface area contributed by atoms with Gasteiger partial charge < -0.3 is 10.0 Å². The zero-order chi connectivity index (χ0) is 24.1. The highest BCUT2D eigenvalue weighted by atomic mass is 19.1. The maximum Gasteiger partial charge on any atom is 0.328 e. The summed E-state index contributed by atoms with van der Waals surface area (Å²) >= 11 is 0. The number of allylic oxidation sites excluding steroid dienone is 3. The monoisotopic (exact) mass is 472 g/mol. The maximum absolute atomic E-state index is 14.5. The lowest BCUT2D eigenvalue weighted by Gasteiger charge is -2.38. The molecule has 6 nitrogen and oxygen atoms in total. The highest BCUT2D eigenvalue weighted by molar-refractivity contribution is 6.20. The molecular formula is C28H29FN4O2. The van der Waals surface area contributed by atoms with Crippen LogP contribution in [0.3, 0.4) is 0 Å². The zero-order valence-electron chi connectivity index (χ0n) is 19.9. The second-order valence-electron chi connectivity index (χ2n) is 10.0. The Morgan fingerprint density at radius 1 is 1.23 bits per heavy atom. The molecule has 1 fully saturated rings. The van der Waals surface area contributed by atoms with Crippen LogP contribution in [0.25, 0.3) is 11.6 Å². The van der Waals surface area contributed by atoms with E-state index in [0.29, 0.717) is 6.04 Å². The molecule has 0 radical (unpaired) electrons. The Morgan fingerprint density at radius 3 is 2.80 bits per heavy atom. The van der Waals surface area contributed by atoms with E-state index in [2.05, 4.69) is 34.5 Å². The van der Waals surface area contributed by atoms with Crippen LogP contribution in [0.4, 0.5) is 4.39 Å². The van der Waals surface area contributed by atoms with Crippen molar-refractivity contribution in [2.24, 2.45) is 5.10 Å². The molecule has 0 unspecified atom stereocenters. The van der Waals surface area contributed by atoms with Gasteiger partial charge in [-0.1, -0.05) is 17.7 Å². The molecule has 1 aromatic carbocycles. The molecular weight excluding hydrogens is 443 g/mol. The van der Waals surface area contributed by atoms with E-state index in [9.17, 15) is 9.18 Å². The van der Waals surface area contributed by atoms with E-state index in [4.69, 9.17) is 10.2 Å². The number of aliphatic carboxylic acids is 1. The van der Waals surface area contributed by atoms with Gasteiger partial charge in [-0.25, -0.2) is 9.18 Å². The van der Waals surface area contributed by atoms with E-state index < -0.39 is 5.97 Å². The van der Waals surface area contributed by atoms with Crippen molar-refractivity contribution in [3.05, 3.63) is 81.5 Å². The zero-order valence-corrected chi connectivity index (χ0v) is 19.9. The van der Waals surface area contributed by atoms with Gasteiger partial charge in [0.05, 0.1) is 11.4 Å². The summed E-state index contributed by atoms with van der Waals surface area (Å²) in [6, 6.07) is 3.70. The molecule has 35 heavy (non-hydrogen) atoms. The Kier molecular flexibility index (Phi) is 5.44. The van der Waals surface area contributed by atoms with Crippen molar-refractivity contribution in [3.8, 4) is 0 Å². The molecule has 7 heteroatoms. The Bertz CT molecular complexity index is 1290. The molecule has 0 bridgehead atoms. The van der Waals surface area contributed by atoms with Gasteiger partial charge in [-0.3, -0.25) is 10.3 Å². The molecule has 0 saturated heterocycles. The number of carboxylic acid groups (broad SMARTS) is 1. The number of carboxylic acids is 1. The first-order valence-corrected chi connectivity index (χ1v) is 12.3. The standard InChI is InChI=1S/C28H29FN4O2/c1-32-15-23(18-8-10-33(11-9-18)21-5-2-17(3-6-21)12-26(34)35)28-24(16-32)22-14-20(29)13-19-4-7-25(27(19)22)30-31-28/h4,7-8,12-14,16,21,31H,2-3,5-6,9-11,15H2,1H3,(H,34,35). The quantitative estimate of drug-likeness (QED) is 0.643. The second-order valence-corrected chi connectivity index (χ2v) is 10.0. The number of likely N-dealkylation sites (N-methyl/N-ethyl adjacent to an activating group) is 1. The average molecular weight is 473 g/mol. The number of benzene rings is 1. The maximum atomic E-state index is 14.5. The molecule has 2 aliphatic carbocycles. The van der Waals surface area contributed by atoms with Gasteiger partial charge >= 0.3 is 5.97 Å². The lowest BCUT2D eigenvalue weighted by atomic mass is 9.86. The summed E-state index contributed by atoms with van der Waals surface area (Å²) in [5.41, 5.74) is 12.5. The fourth-order valence-corrected chi connectivity index (χ4v) is 6.08. The van der Waals surface area contributed by atoms with Crippen molar-refractivity contribution in [1.29, 1.82) is 0 Å². The molecule has 1 saturated carbocycles. The van der Waals surface area contributed by atoms with Crippen molar-refractivity contribution < 1.29 is 14.3 Å². The molecule has 0 atom stereocenters. The molecule has 0 amide bonds. The third-order valence-electron chi connectivity index (χ3n) is 7.79. The highest BCUT2D eigenvalue weighted by Gasteiger charge is 2.31. The molecule has 3 aliphatic heterocycles. The Morgan fingerprint density at radius 2 is 2.06 bits per heavy atom. The molecule has 0 aromatic heterocycles. The van der Waals surface area contributed by atoms with Crippen LogP contribution in [0.1, 0.15) is 48.8 Å². The summed E-state index contributed by atoms with van der Waals surface area (Å²) in [6.07, 6.45) is 14.4. The van der Waals surface area contributed by atoms with Crippen LogP contribution in [-0.4, -0.2) is 59.3 Å². The van der Waals surface area contributed by atoms with E-state index in [1.807, 2.05) is 12.2 Å². The van der Waals surface area contributed by atoms with Crippen LogP contribution < -0.4 is 5.43 Å². The Labute approximate surface area is 204 Å². The van der Waals surface area contributed by atoms with Gasteiger partial charge in [0.1, 0.15) is 5.82 Å². The molecule has 5 aliphatic rings. The van der Waals surface area contributed by atoms with E-state index in [1.54, 1.807) is 12.1 Å². The smallest absolute Gasteiger partial charge is 0.328 e. The molecule has 180 valence electrons. The number of hydrazone groups is 1. The third-order valence-corrected chi connectivity index (χ3v) is 7.79. The summed E-state index contributed by atoms with van der Waals surface area (Å²) in [6.45, 7) is 2.66. The number of rotatable bonds is 3. The second kappa shape index (κ2) is 8.64.